The summed E-state index contributed by atoms with van der Waals surface area (Å²) in [4.78, 5) is 17.9. The molecule has 0 amide bonds. The summed E-state index contributed by atoms with van der Waals surface area (Å²) in [6.07, 6.45) is 7.41. The van der Waals surface area contributed by atoms with Crippen LogP contribution < -0.4 is 20.3 Å². The van der Waals surface area contributed by atoms with Crippen LogP contribution >= 0.6 is 0 Å². The number of anilines is 2. The van der Waals surface area contributed by atoms with E-state index in [9.17, 15) is 4.39 Å². The minimum atomic E-state index is -0.187. The van der Waals surface area contributed by atoms with E-state index in [0.717, 1.165) is 51.1 Å². The smallest absolute Gasteiger partial charge is 0.324 e. The van der Waals surface area contributed by atoms with Crippen molar-refractivity contribution in [2.24, 2.45) is 17.6 Å². The van der Waals surface area contributed by atoms with Crippen molar-refractivity contribution >= 4 is 12.0 Å². The first-order chi connectivity index (χ1) is 18.9. The predicted molar refractivity (Wildman–Crippen MR) is 149 cm³/mol. The van der Waals surface area contributed by atoms with Gasteiger partial charge in [0.05, 0.1) is 19.0 Å². The molecule has 0 bridgehead atoms. The van der Waals surface area contributed by atoms with Gasteiger partial charge in [0.1, 0.15) is 5.82 Å². The zero-order valence-corrected chi connectivity index (χ0v) is 23.2. The molecule has 2 aliphatic rings. The molecule has 3 atom stereocenters. The topological polar surface area (TPSA) is 106 Å². The van der Waals surface area contributed by atoms with Crippen molar-refractivity contribution in [2.45, 2.75) is 64.3 Å². The Morgan fingerprint density at radius 1 is 1.05 bits per heavy atom. The third-order valence-electron chi connectivity index (χ3n) is 8.26. The van der Waals surface area contributed by atoms with Crippen LogP contribution in [0.1, 0.15) is 69.7 Å². The van der Waals surface area contributed by atoms with E-state index in [4.69, 9.17) is 15.0 Å². The summed E-state index contributed by atoms with van der Waals surface area (Å²) in [5.41, 5.74) is 7.14. The molecule has 1 aromatic carbocycles. The van der Waals surface area contributed by atoms with Gasteiger partial charge in [-0.3, -0.25) is 0 Å². The Morgan fingerprint density at radius 3 is 2.44 bits per heavy atom. The molecule has 10 heteroatoms. The lowest BCUT2D eigenvalue weighted by atomic mass is 9.84. The van der Waals surface area contributed by atoms with E-state index in [1.54, 1.807) is 18.5 Å². The highest BCUT2D eigenvalue weighted by Crippen LogP contribution is 2.31. The molecule has 1 unspecified atom stereocenters. The molecule has 9 nitrogen and oxygen atoms in total. The number of halogens is 1. The highest BCUT2D eigenvalue weighted by atomic mass is 19.1. The molecule has 0 saturated carbocycles. The maximum absolute atomic E-state index is 14.3. The zero-order valence-electron chi connectivity index (χ0n) is 23.2. The van der Waals surface area contributed by atoms with Crippen molar-refractivity contribution in [3.63, 3.8) is 0 Å². The zero-order chi connectivity index (χ0) is 27.4. The molecule has 2 saturated heterocycles. The number of benzene rings is 1. The van der Waals surface area contributed by atoms with E-state index in [2.05, 4.69) is 50.7 Å². The molecule has 39 heavy (non-hydrogen) atoms. The second-order valence-corrected chi connectivity index (χ2v) is 11.3. The predicted octanol–water partition coefficient (Wildman–Crippen LogP) is 4.76. The van der Waals surface area contributed by atoms with E-state index in [0.29, 0.717) is 48.3 Å². The van der Waals surface area contributed by atoms with Crippen molar-refractivity contribution in [2.75, 3.05) is 42.6 Å². The molecule has 2 N–H and O–H groups in total. The minimum Gasteiger partial charge on any atom is -0.490 e. The van der Waals surface area contributed by atoms with E-state index in [-0.39, 0.29) is 23.7 Å². The molecule has 2 fully saturated rings. The molecule has 0 spiro atoms. The van der Waals surface area contributed by atoms with Crippen LogP contribution in [0.5, 0.6) is 5.75 Å². The number of hydrogen-bond donors (Lipinski definition) is 1. The van der Waals surface area contributed by atoms with Crippen molar-refractivity contribution < 1.29 is 13.7 Å². The van der Waals surface area contributed by atoms with Gasteiger partial charge in [-0.1, -0.05) is 44.1 Å². The first kappa shape index (κ1) is 27.3. The quantitative estimate of drug-likeness (QED) is 0.413. The average molecular weight is 538 g/mol. The molecule has 0 radical (unpaired) electrons. The number of piperidine rings is 2. The summed E-state index contributed by atoms with van der Waals surface area (Å²) < 4.78 is 25.7. The molecular formula is C29H40FN7O2. The Labute approximate surface area is 230 Å². The Bertz CT molecular complexity index is 1200. The lowest BCUT2D eigenvalue weighted by Gasteiger charge is -2.37. The summed E-state index contributed by atoms with van der Waals surface area (Å²) in [6, 6.07) is 7.37. The normalized spacial score (nSPS) is 21.4. The van der Waals surface area contributed by atoms with Crippen LogP contribution in [0, 0.1) is 17.7 Å². The van der Waals surface area contributed by atoms with Crippen LogP contribution in [0.3, 0.4) is 0 Å². The van der Waals surface area contributed by atoms with Gasteiger partial charge in [-0.15, -0.1) is 0 Å². The third kappa shape index (κ3) is 6.49. The van der Waals surface area contributed by atoms with Crippen LogP contribution in [0.2, 0.25) is 0 Å². The van der Waals surface area contributed by atoms with Gasteiger partial charge in [0.2, 0.25) is 5.95 Å². The number of aromatic nitrogens is 4. The molecule has 2 aromatic heterocycles. The number of rotatable bonds is 9. The molecular weight excluding hydrogens is 497 g/mol. The highest BCUT2D eigenvalue weighted by Gasteiger charge is 2.31. The fraction of sp³-hybridized carbons (Fsp3) is 0.586. The number of hydrogen-bond acceptors (Lipinski definition) is 9. The number of nitrogens with zero attached hydrogens (tertiary/aromatic N) is 6. The Morgan fingerprint density at radius 2 is 1.77 bits per heavy atom. The molecule has 2 aliphatic heterocycles. The van der Waals surface area contributed by atoms with E-state index >= 15 is 0 Å². The van der Waals surface area contributed by atoms with Gasteiger partial charge in [0, 0.05) is 44.1 Å². The lowest BCUT2D eigenvalue weighted by molar-refractivity contribution is 0.219. The molecule has 0 aliphatic carbocycles. The second-order valence-electron chi connectivity index (χ2n) is 11.3. The fourth-order valence-corrected chi connectivity index (χ4v) is 5.72. The third-order valence-corrected chi connectivity index (χ3v) is 8.26. The van der Waals surface area contributed by atoms with Crippen LogP contribution in [-0.4, -0.2) is 58.9 Å². The summed E-state index contributed by atoms with van der Waals surface area (Å²) in [5, 5.41) is 4.09. The highest BCUT2D eigenvalue weighted by molar-refractivity contribution is 5.35. The maximum Gasteiger partial charge on any atom is 0.324 e. The van der Waals surface area contributed by atoms with Crippen LogP contribution in [-0.2, 0) is 0 Å². The van der Waals surface area contributed by atoms with E-state index in [1.807, 2.05) is 12.1 Å². The van der Waals surface area contributed by atoms with Gasteiger partial charge >= 0.3 is 6.01 Å². The van der Waals surface area contributed by atoms with Gasteiger partial charge in [-0.25, -0.2) is 14.4 Å². The number of nitrogens with two attached hydrogens (primary N) is 1. The Kier molecular flexibility index (Phi) is 8.60. The van der Waals surface area contributed by atoms with E-state index < -0.39 is 0 Å². The van der Waals surface area contributed by atoms with Gasteiger partial charge in [-0.05, 0) is 49.1 Å². The van der Waals surface area contributed by atoms with Crippen LogP contribution in [0.4, 0.5) is 16.4 Å². The number of ether oxygens (including phenoxy) is 1. The SMILES string of the molecule is CC(C)c1noc(N2CCC(C(C)CCOc3cnc(N4CC[C@H](c5ccccc5F)[C@@H](N)C4)nc3)CC2)n1. The van der Waals surface area contributed by atoms with Crippen molar-refractivity contribution in [3.8, 4) is 5.75 Å². The molecule has 3 aromatic rings. The lowest BCUT2D eigenvalue weighted by Crippen LogP contribution is -2.48. The summed E-state index contributed by atoms with van der Waals surface area (Å²) in [5.74, 6) is 3.34. The minimum absolute atomic E-state index is 0.00386. The molecule has 5 rings (SSSR count). The van der Waals surface area contributed by atoms with Gasteiger partial charge in [0.15, 0.2) is 11.6 Å². The molecule has 4 heterocycles. The van der Waals surface area contributed by atoms with Crippen molar-refractivity contribution in [1.82, 2.24) is 20.1 Å². The van der Waals surface area contributed by atoms with E-state index in [1.165, 1.54) is 6.07 Å². The Balaban J connectivity index is 1.04. The first-order valence-electron chi connectivity index (χ1n) is 14.2. The van der Waals surface area contributed by atoms with Gasteiger partial charge in [-0.2, -0.15) is 4.98 Å². The monoisotopic (exact) mass is 537 g/mol. The maximum atomic E-state index is 14.3. The van der Waals surface area contributed by atoms with Crippen LogP contribution in [0.15, 0.2) is 41.2 Å². The van der Waals surface area contributed by atoms with Crippen LogP contribution in [0.25, 0.3) is 0 Å². The largest absolute Gasteiger partial charge is 0.490 e. The van der Waals surface area contributed by atoms with Crippen molar-refractivity contribution in [1.29, 1.82) is 0 Å². The van der Waals surface area contributed by atoms with Crippen molar-refractivity contribution in [3.05, 3.63) is 53.9 Å². The second kappa shape index (κ2) is 12.3. The first-order valence-corrected chi connectivity index (χ1v) is 14.2. The molecule has 210 valence electrons. The standard InChI is InChI=1S/C29H40FN7O2/c1-19(2)27-34-29(39-35-27)36-12-8-21(9-13-36)20(3)11-15-38-22-16-32-28(33-17-22)37-14-10-24(26(31)18-37)23-6-4-5-7-25(23)30/h4-7,16-17,19-21,24,26H,8-15,18,31H2,1-3H3/t20?,24-,26+/m1/s1. The van der Waals surface area contributed by atoms with Gasteiger partial charge in [0.25, 0.3) is 0 Å². The van der Waals surface area contributed by atoms with Gasteiger partial charge < -0.3 is 24.8 Å². The average Bonchev–Trinajstić information content (AvgIpc) is 3.45. The Hall–Kier alpha value is -3.27. The summed E-state index contributed by atoms with van der Waals surface area (Å²) >= 11 is 0. The summed E-state index contributed by atoms with van der Waals surface area (Å²) in [7, 11) is 0. The summed E-state index contributed by atoms with van der Waals surface area (Å²) in [6.45, 7) is 10.3. The fourth-order valence-electron chi connectivity index (χ4n) is 5.72.